The molecule has 0 rings (SSSR count). The number of alkyl halides is 10. The Kier molecular flexibility index (Phi) is 26.9. The van der Waals surface area contributed by atoms with Crippen molar-refractivity contribution >= 4 is 40.5 Å². The normalized spacial score (nSPS) is 15.3. The lowest BCUT2D eigenvalue weighted by Gasteiger charge is -2.19. The molecule has 0 spiro atoms. The molecule has 0 radical (unpaired) electrons. The van der Waals surface area contributed by atoms with Crippen LogP contribution in [0, 0.1) is 0 Å². The Bertz CT molecular complexity index is 1190. The van der Waals surface area contributed by atoms with E-state index in [1.54, 1.807) is 0 Å². The maximum absolute atomic E-state index is 12.1. The highest BCUT2D eigenvalue weighted by Crippen LogP contribution is 2.38. The predicted molar refractivity (Wildman–Crippen MR) is 145 cm³/mol. The largest absolute Gasteiger partial charge is 0.439 e. The monoisotopic (exact) mass is 828 g/mol. The number of hydrogen-bond donors (Lipinski definition) is 8. The third-order valence-corrected chi connectivity index (χ3v) is 8.70. The minimum absolute atomic E-state index is 0.0938. The Balaban J connectivity index is -0.000000113. The SMILES string of the molecule is CC(C)(F)S(=O)(=O)O.CC(C)(F)S(=O)(=O)O.CC(F)(C(F)(F)F)S(=O)(=O)O.CC(F)(C(F)(F)F)S(=O)(=O)O.OCCCO.OCCCO. The molecule has 0 fully saturated rings. The highest BCUT2D eigenvalue weighted by Gasteiger charge is 2.62. The first-order valence-corrected chi connectivity index (χ1v) is 17.3. The Morgan fingerprint density at radius 3 is 0.500 bits per heavy atom. The fraction of sp³-hybridized carbons (Fsp3) is 1.00. The van der Waals surface area contributed by atoms with Gasteiger partial charge in [0.1, 0.15) is 0 Å². The molecule has 48 heavy (non-hydrogen) atoms. The van der Waals surface area contributed by atoms with Crippen molar-refractivity contribution in [3.8, 4) is 0 Å². The first kappa shape index (κ1) is 59.0. The topological polar surface area (TPSA) is 298 Å². The van der Waals surface area contributed by atoms with Crippen LogP contribution >= 0.6 is 0 Å². The summed E-state index contributed by atoms with van der Waals surface area (Å²) in [5.74, 6) is 0. The molecule has 0 heterocycles. The van der Waals surface area contributed by atoms with Gasteiger partial charge in [-0.1, -0.05) is 0 Å². The molecule has 2 atom stereocenters. The van der Waals surface area contributed by atoms with Crippen LogP contribution in [0.5, 0.6) is 0 Å². The minimum Gasteiger partial charge on any atom is -0.396 e. The van der Waals surface area contributed by atoms with Gasteiger partial charge in [0.05, 0.1) is 0 Å². The maximum atomic E-state index is 12.1. The average Bonchev–Trinajstić information content (AvgIpc) is 2.77. The first-order valence-electron chi connectivity index (χ1n) is 11.5. The lowest BCUT2D eigenvalue weighted by molar-refractivity contribution is -0.194. The molecule has 300 valence electrons. The lowest BCUT2D eigenvalue weighted by atomic mass is 10.4. The smallest absolute Gasteiger partial charge is 0.396 e. The molecule has 0 bridgehead atoms. The molecule has 16 nitrogen and oxygen atoms in total. The summed E-state index contributed by atoms with van der Waals surface area (Å²) in [6.45, 7) is 2.89. The molecule has 8 N–H and O–H groups in total. The number of hydrogen-bond acceptors (Lipinski definition) is 12. The Hall–Kier alpha value is -1.22. The van der Waals surface area contributed by atoms with Crippen LogP contribution in [0.3, 0.4) is 0 Å². The molecule has 0 saturated heterocycles. The summed E-state index contributed by atoms with van der Waals surface area (Å²) < 4.78 is 227. The van der Waals surface area contributed by atoms with Crippen LogP contribution in [0.1, 0.15) is 54.4 Å². The van der Waals surface area contributed by atoms with Gasteiger partial charge in [0.25, 0.3) is 20.2 Å². The van der Waals surface area contributed by atoms with Gasteiger partial charge in [-0.05, 0) is 54.4 Å². The molecule has 0 aromatic heterocycles. The second-order valence-corrected chi connectivity index (χ2v) is 16.3. The van der Waals surface area contributed by atoms with E-state index in [0.29, 0.717) is 12.8 Å². The molecule has 0 aromatic rings. The van der Waals surface area contributed by atoms with Gasteiger partial charge < -0.3 is 20.4 Å². The molecule has 30 heteroatoms. The van der Waals surface area contributed by atoms with Gasteiger partial charge in [-0.15, -0.1) is 0 Å². The zero-order valence-electron chi connectivity index (χ0n) is 25.5. The minimum atomic E-state index is -5.75. The fourth-order valence-corrected chi connectivity index (χ4v) is 1.02. The molecule has 2 unspecified atom stereocenters. The van der Waals surface area contributed by atoms with Crippen molar-refractivity contribution in [1.82, 2.24) is 0 Å². The Morgan fingerprint density at radius 1 is 0.375 bits per heavy atom. The summed E-state index contributed by atoms with van der Waals surface area (Å²) in [5.41, 5.74) is 0. The fourth-order valence-electron chi connectivity index (χ4n) is 0.434. The Morgan fingerprint density at radius 2 is 0.500 bits per heavy atom. The van der Waals surface area contributed by atoms with Crippen molar-refractivity contribution in [1.29, 1.82) is 0 Å². The Labute approximate surface area is 269 Å². The third kappa shape index (κ3) is 26.6. The number of aliphatic hydroxyl groups is 4. The first-order chi connectivity index (χ1) is 20.3. The van der Waals surface area contributed by atoms with Crippen LogP contribution < -0.4 is 0 Å². The summed E-state index contributed by atoms with van der Waals surface area (Å²) in [5, 5.41) is 17.4. The predicted octanol–water partition coefficient (Wildman–Crippen LogP) is 2.13. The average molecular weight is 829 g/mol. The quantitative estimate of drug-likeness (QED) is 0.128. The summed E-state index contributed by atoms with van der Waals surface area (Å²) in [7, 11) is -20.5. The number of halogens is 10. The van der Waals surface area contributed by atoms with Crippen molar-refractivity contribution in [3.05, 3.63) is 0 Å². The number of aliphatic hydroxyl groups excluding tert-OH is 4. The highest BCUT2D eigenvalue weighted by atomic mass is 32.2. The van der Waals surface area contributed by atoms with Crippen LogP contribution in [0.2, 0.25) is 0 Å². The zero-order valence-corrected chi connectivity index (χ0v) is 28.8. The van der Waals surface area contributed by atoms with Crippen molar-refractivity contribution in [2.75, 3.05) is 26.4 Å². The van der Waals surface area contributed by atoms with Gasteiger partial charge >= 0.3 is 42.6 Å². The van der Waals surface area contributed by atoms with E-state index in [4.69, 9.17) is 38.6 Å². The van der Waals surface area contributed by atoms with Gasteiger partial charge in [0.15, 0.2) is 0 Å². The highest BCUT2D eigenvalue weighted by molar-refractivity contribution is 7.87. The summed E-state index contributed by atoms with van der Waals surface area (Å²) >= 11 is 0. The van der Waals surface area contributed by atoms with Crippen LogP contribution in [0.25, 0.3) is 0 Å². The van der Waals surface area contributed by atoms with E-state index < -0.39 is 72.8 Å². The molecule has 0 aliphatic rings. The number of rotatable bonds is 8. The molecule has 0 aromatic carbocycles. The van der Waals surface area contributed by atoms with Crippen LogP contribution in [-0.2, 0) is 40.5 Å². The zero-order chi connectivity index (χ0) is 41.2. The lowest BCUT2D eigenvalue weighted by Crippen LogP contribution is -2.44. The van der Waals surface area contributed by atoms with Crippen molar-refractivity contribution in [3.63, 3.8) is 0 Å². The van der Waals surface area contributed by atoms with Gasteiger partial charge in [0.2, 0.25) is 10.0 Å². The van der Waals surface area contributed by atoms with Gasteiger partial charge in [-0.3, -0.25) is 18.2 Å². The molecular weight excluding hydrogens is 790 g/mol. The van der Waals surface area contributed by atoms with E-state index in [1.165, 1.54) is 0 Å². The van der Waals surface area contributed by atoms with E-state index in [0.717, 1.165) is 27.7 Å². The van der Waals surface area contributed by atoms with Gasteiger partial charge in [0, 0.05) is 26.4 Å². The van der Waals surface area contributed by atoms with Crippen LogP contribution in [0.15, 0.2) is 0 Å². The van der Waals surface area contributed by atoms with Crippen molar-refractivity contribution < 1.29 is 116 Å². The van der Waals surface area contributed by atoms with E-state index in [-0.39, 0.29) is 40.3 Å². The van der Waals surface area contributed by atoms with E-state index >= 15 is 0 Å². The van der Waals surface area contributed by atoms with Crippen molar-refractivity contribution in [2.45, 2.75) is 86.7 Å². The summed E-state index contributed by atoms with van der Waals surface area (Å²) in [6, 6.07) is 0. The molecular formula is C18H38F10O16S4. The van der Waals surface area contributed by atoms with E-state index in [9.17, 15) is 77.6 Å². The van der Waals surface area contributed by atoms with E-state index in [2.05, 4.69) is 0 Å². The molecule has 0 aliphatic carbocycles. The van der Waals surface area contributed by atoms with Crippen molar-refractivity contribution in [2.24, 2.45) is 0 Å². The molecule has 0 amide bonds. The second kappa shape index (κ2) is 21.9. The van der Waals surface area contributed by atoms with Crippen LogP contribution in [-0.4, -0.2) is 131 Å². The van der Waals surface area contributed by atoms with Gasteiger partial charge in [-0.2, -0.15) is 60.0 Å². The summed E-state index contributed by atoms with van der Waals surface area (Å²) in [4.78, 5) is 0. The van der Waals surface area contributed by atoms with E-state index in [1.807, 2.05) is 0 Å². The van der Waals surface area contributed by atoms with Crippen LogP contribution in [0.4, 0.5) is 43.9 Å². The second-order valence-electron chi connectivity index (χ2n) is 9.06. The molecule has 0 aliphatic heterocycles. The molecule has 0 saturated carbocycles. The summed E-state index contributed by atoms with van der Waals surface area (Å²) in [6.07, 6.45) is -10.2. The van der Waals surface area contributed by atoms with Gasteiger partial charge in [-0.25, -0.2) is 17.6 Å². The standard InChI is InChI=1S/2C3H4F4O3S.2C3H7FO3S.2C3H8O2/c2*1-2(4,3(5,6)7)11(8,9)10;2*1-3(2,4)8(5,6)7;2*4-2-1-3-5/h2*1H3,(H,8,9,10);2*1-2H3,(H,5,6,7);2*4-5H,1-3H2. The maximum Gasteiger partial charge on any atom is 0.439 e. The third-order valence-electron chi connectivity index (χ3n) is 3.84.